The zero-order valence-electron chi connectivity index (χ0n) is 12.5. The molecule has 0 heterocycles. The van der Waals surface area contributed by atoms with Gasteiger partial charge in [-0.2, -0.15) is 8.78 Å². The molecule has 1 aromatic rings. The van der Waals surface area contributed by atoms with E-state index in [1.165, 1.54) is 18.2 Å². The number of allylic oxidation sites excluding steroid dienone is 1. The molecule has 0 bridgehead atoms. The van der Waals surface area contributed by atoms with Gasteiger partial charge in [0, 0.05) is 5.92 Å². The summed E-state index contributed by atoms with van der Waals surface area (Å²) >= 11 is 11.4. The largest absolute Gasteiger partial charge is 0.481 e. The normalized spacial score (nSPS) is 25.1. The molecule has 0 radical (unpaired) electrons. The van der Waals surface area contributed by atoms with Gasteiger partial charge in [-0.15, -0.1) is 0 Å². The summed E-state index contributed by atoms with van der Waals surface area (Å²) in [6, 6.07) is 6.06. The van der Waals surface area contributed by atoms with Crippen molar-refractivity contribution in [2.75, 3.05) is 0 Å². The van der Waals surface area contributed by atoms with Gasteiger partial charge in [-0.3, -0.25) is 4.79 Å². The van der Waals surface area contributed by atoms with Crippen molar-refractivity contribution in [3.05, 3.63) is 40.4 Å². The van der Waals surface area contributed by atoms with Crippen LogP contribution in [0.3, 0.4) is 0 Å². The molecule has 1 aromatic carbocycles. The molecule has 23 heavy (non-hydrogen) atoms. The summed E-state index contributed by atoms with van der Waals surface area (Å²) in [4.78, 5) is 11.9. The second-order valence-electron chi connectivity index (χ2n) is 6.13. The minimum atomic E-state index is -2.93. The highest BCUT2D eigenvalue weighted by atomic mass is 35.5. The smallest absolute Gasteiger partial charge is 0.387 e. The highest BCUT2D eigenvalue weighted by Gasteiger charge is 2.74. The molecule has 2 unspecified atom stereocenters. The molecule has 0 saturated heterocycles. The molecule has 0 aromatic heterocycles. The van der Waals surface area contributed by atoms with Crippen LogP contribution in [0.2, 0.25) is 0 Å². The van der Waals surface area contributed by atoms with Crippen molar-refractivity contribution in [1.82, 2.24) is 0 Å². The molecule has 7 heteroatoms. The Labute approximate surface area is 142 Å². The van der Waals surface area contributed by atoms with E-state index in [1.807, 2.05) is 13.8 Å². The first-order chi connectivity index (χ1) is 10.6. The number of hydrogen-bond donors (Lipinski definition) is 1. The van der Waals surface area contributed by atoms with Crippen LogP contribution in [0.25, 0.3) is 0 Å². The molecule has 0 spiro atoms. The number of carboxylic acid groups (broad SMARTS) is 1. The fourth-order valence-corrected chi connectivity index (χ4v) is 3.60. The Morgan fingerprint density at radius 2 is 2.09 bits per heavy atom. The fraction of sp³-hybridized carbons (Fsp3) is 0.438. The fourth-order valence-electron chi connectivity index (χ4n) is 3.35. The Bertz CT molecular complexity index is 642. The average molecular weight is 365 g/mol. The summed E-state index contributed by atoms with van der Waals surface area (Å²) in [5.41, 5.74) is -1.06. The van der Waals surface area contributed by atoms with Gasteiger partial charge in [0.15, 0.2) is 0 Å². The van der Waals surface area contributed by atoms with E-state index in [9.17, 15) is 18.7 Å². The van der Waals surface area contributed by atoms with E-state index < -0.39 is 23.4 Å². The molecule has 1 saturated carbocycles. The maximum absolute atomic E-state index is 12.3. The van der Waals surface area contributed by atoms with Gasteiger partial charge in [-0.05, 0) is 35.6 Å². The number of carboxylic acids is 1. The van der Waals surface area contributed by atoms with Crippen molar-refractivity contribution in [3.8, 4) is 5.75 Å². The van der Waals surface area contributed by atoms with Gasteiger partial charge >= 0.3 is 12.6 Å². The van der Waals surface area contributed by atoms with Crippen LogP contribution in [0, 0.1) is 16.7 Å². The zero-order valence-corrected chi connectivity index (χ0v) is 14.0. The quantitative estimate of drug-likeness (QED) is 0.782. The first kappa shape index (κ1) is 18.0. The number of carbonyl (C=O) groups is 1. The Kier molecular flexibility index (Phi) is 4.92. The van der Waals surface area contributed by atoms with Crippen LogP contribution < -0.4 is 4.74 Å². The van der Waals surface area contributed by atoms with E-state index in [2.05, 4.69) is 4.74 Å². The van der Waals surface area contributed by atoms with Crippen molar-refractivity contribution in [1.29, 1.82) is 0 Å². The molecule has 1 aliphatic carbocycles. The summed E-state index contributed by atoms with van der Waals surface area (Å²) in [6.45, 7) is 0.707. The third-order valence-electron chi connectivity index (χ3n) is 4.66. The summed E-state index contributed by atoms with van der Waals surface area (Å²) in [6.07, 6.45) is 1.69. The molecule has 1 N–H and O–H groups in total. The predicted molar refractivity (Wildman–Crippen MR) is 83.9 cm³/mol. The maximum Gasteiger partial charge on any atom is 0.387 e. The van der Waals surface area contributed by atoms with E-state index >= 15 is 0 Å². The summed E-state index contributed by atoms with van der Waals surface area (Å²) in [5.74, 6) is -1.32. The van der Waals surface area contributed by atoms with Gasteiger partial charge in [0.1, 0.15) is 10.2 Å². The van der Waals surface area contributed by atoms with Gasteiger partial charge in [0.2, 0.25) is 0 Å². The van der Waals surface area contributed by atoms with Crippen molar-refractivity contribution in [2.45, 2.75) is 26.9 Å². The second-order valence-corrected chi connectivity index (χ2v) is 7.14. The zero-order chi connectivity index (χ0) is 17.4. The van der Waals surface area contributed by atoms with Gasteiger partial charge in [0.25, 0.3) is 0 Å². The lowest BCUT2D eigenvalue weighted by atomic mass is 9.88. The van der Waals surface area contributed by atoms with E-state index in [0.717, 1.165) is 0 Å². The number of halogens is 4. The Balaban J connectivity index is 2.32. The van der Waals surface area contributed by atoms with Gasteiger partial charge in [0.05, 0.1) is 5.41 Å². The molecule has 126 valence electrons. The maximum atomic E-state index is 12.3. The number of hydrogen-bond acceptors (Lipinski definition) is 2. The third-order valence-corrected chi connectivity index (χ3v) is 4.91. The van der Waals surface area contributed by atoms with E-state index in [-0.39, 0.29) is 22.6 Å². The molecule has 0 amide bonds. The number of alkyl halides is 2. The molecular weight excluding hydrogens is 349 g/mol. The van der Waals surface area contributed by atoms with Crippen LogP contribution in [0.15, 0.2) is 34.8 Å². The monoisotopic (exact) mass is 364 g/mol. The molecule has 0 aliphatic heterocycles. The Morgan fingerprint density at radius 1 is 1.43 bits per heavy atom. The van der Waals surface area contributed by atoms with Crippen LogP contribution in [-0.4, -0.2) is 17.7 Å². The molecule has 1 fully saturated rings. The first-order valence-electron chi connectivity index (χ1n) is 6.91. The van der Waals surface area contributed by atoms with Crippen molar-refractivity contribution in [3.63, 3.8) is 0 Å². The third kappa shape index (κ3) is 3.31. The number of aliphatic carboxylic acids is 1. The van der Waals surface area contributed by atoms with Crippen LogP contribution in [-0.2, 0) is 11.2 Å². The summed E-state index contributed by atoms with van der Waals surface area (Å²) in [7, 11) is 0. The van der Waals surface area contributed by atoms with E-state index in [4.69, 9.17) is 23.2 Å². The second kappa shape index (κ2) is 6.29. The lowest BCUT2D eigenvalue weighted by Crippen LogP contribution is -2.24. The van der Waals surface area contributed by atoms with Gasteiger partial charge in [-0.25, -0.2) is 0 Å². The van der Waals surface area contributed by atoms with Crippen molar-refractivity contribution >= 4 is 29.2 Å². The highest BCUT2D eigenvalue weighted by Crippen LogP contribution is 2.71. The lowest BCUT2D eigenvalue weighted by Gasteiger charge is -2.16. The number of rotatable bonds is 6. The molecular formula is C16H16Cl2F2O3. The topological polar surface area (TPSA) is 46.5 Å². The van der Waals surface area contributed by atoms with Gasteiger partial charge < -0.3 is 9.84 Å². The Morgan fingerprint density at radius 3 is 2.61 bits per heavy atom. The number of benzene rings is 1. The molecule has 2 rings (SSSR count). The van der Waals surface area contributed by atoms with Crippen molar-refractivity contribution < 1.29 is 23.4 Å². The summed E-state index contributed by atoms with van der Waals surface area (Å²) < 4.78 is 29.0. The van der Waals surface area contributed by atoms with Crippen molar-refractivity contribution in [2.24, 2.45) is 16.7 Å². The minimum Gasteiger partial charge on any atom is -0.481 e. The SMILES string of the molecule is CC1(C)C(C=C(Cl)Cl)C1(Cc1cccc(OC(F)F)c1)C(=O)O. The molecule has 1 aliphatic rings. The van der Waals surface area contributed by atoms with E-state index in [0.29, 0.717) is 5.56 Å². The standard InChI is InChI=1S/C16H16Cl2F2O3/c1-15(2)11(7-12(17)18)16(15,13(21)22)8-9-4-3-5-10(6-9)23-14(19)20/h3-7,11,14H,8H2,1-2H3,(H,21,22). The predicted octanol–water partition coefficient (Wildman–Crippen LogP) is 4.88. The van der Waals surface area contributed by atoms with E-state index in [1.54, 1.807) is 12.1 Å². The average Bonchev–Trinajstić information content (AvgIpc) is 2.85. The van der Waals surface area contributed by atoms with Crippen LogP contribution in [0.4, 0.5) is 8.78 Å². The lowest BCUT2D eigenvalue weighted by molar-refractivity contribution is -0.145. The minimum absolute atomic E-state index is 0.000960. The Hall–Kier alpha value is -1.33. The molecule has 2 atom stereocenters. The summed E-state index contributed by atoms with van der Waals surface area (Å²) in [5, 5.41) is 9.73. The van der Waals surface area contributed by atoms with Crippen LogP contribution in [0.1, 0.15) is 19.4 Å². The first-order valence-corrected chi connectivity index (χ1v) is 7.67. The highest BCUT2D eigenvalue weighted by molar-refractivity contribution is 6.55. The van der Waals surface area contributed by atoms with Gasteiger partial charge in [-0.1, -0.05) is 49.2 Å². The molecule has 3 nitrogen and oxygen atoms in total. The number of ether oxygens (including phenoxy) is 1. The van der Waals surface area contributed by atoms with Crippen LogP contribution >= 0.6 is 23.2 Å². The van der Waals surface area contributed by atoms with Crippen LogP contribution in [0.5, 0.6) is 5.75 Å².